The third-order valence-electron chi connectivity index (χ3n) is 5.54. The van der Waals surface area contributed by atoms with Crippen molar-refractivity contribution in [3.05, 3.63) is 72.3 Å². The number of anilines is 2. The number of para-hydroxylation sites is 1. The number of nitrogens with zero attached hydrogens (tertiary/aromatic N) is 1. The second kappa shape index (κ2) is 11.0. The number of thioether (sulfide) groups is 1. The second-order valence-electron chi connectivity index (χ2n) is 7.99. The maximum atomic E-state index is 13.4. The number of alkyl halides is 3. The molecule has 1 N–H and O–H groups in total. The number of carbonyl (C=O) groups excluding carboxylic acids is 2. The molecule has 0 saturated heterocycles. The standard InChI is InChI=1S/C26H23F3N2O5S/c1-34-20-12-7-16(13-21(20)35-2)23-14-25(33)31(19-5-3-4-6-22(19)37-23)15-24(32)30-17-8-10-18(11-9-17)36-26(27,28)29/h3-13,23H,14-15H2,1-2H3,(H,30,32)/t23-/m1/s1. The van der Waals surface area contributed by atoms with Crippen LogP contribution in [0.4, 0.5) is 24.5 Å². The Balaban J connectivity index is 1.52. The van der Waals surface area contributed by atoms with E-state index < -0.39 is 18.0 Å². The minimum Gasteiger partial charge on any atom is -0.493 e. The number of fused-ring (bicyclic) bond motifs is 1. The number of benzene rings is 3. The first-order valence-corrected chi connectivity index (χ1v) is 12.0. The molecule has 0 bridgehead atoms. The van der Waals surface area contributed by atoms with Gasteiger partial charge in [0.05, 0.1) is 19.9 Å². The summed E-state index contributed by atoms with van der Waals surface area (Å²) in [7, 11) is 3.09. The predicted octanol–water partition coefficient (Wildman–Crippen LogP) is 5.81. The molecule has 0 radical (unpaired) electrons. The van der Waals surface area contributed by atoms with Crippen molar-refractivity contribution in [1.82, 2.24) is 0 Å². The third kappa shape index (κ3) is 6.48. The van der Waals surface area contributed by atoms with Crippen LogP contribution < -0.4 is 24.4 Å². The van der Waals surface area contributed by atoms with Crippen LogP contribution in [0.25, 0.3) is 0 Å². The van der Waals surface area contributed by atoms with Gasteiger partial charge in [0.1, 0.15) is 12.3 Å². The van der Waals surface area contributed by atoms with Crippen LogP contribution in [0.5, 0.6) is 17.2 Å². The van der Waals surface area contributed by atoms with E-state index in [0.29, 0.717) is 17.2 Å². The van der Waals surface area contributed by atoms with E-state index in [1.54, 1.807) is 32.4 Å². The van der Waals surface area contributed by atoms with E-state index in [1.165, 1.54) is 28.8 Å². The van der Waals surface area contributed by atoms with Crippen LogP contribution in [0.1, 0.15) is 17.2 Å². The van der Waals surface area contributed by atoms with Crippen molar-refractivity contribution in [3.63, 3.8) is 0 Å². The Morgan fingerprint density at radius 3 is 2.41 bits per heavy atom. The van der Waals surface area contributed by atoms with Gasteiger partial charge in [0.2, 0.25) is 11.8 Å². The van der Waals surface area contributed by atoms with Gasteiger partial charge >= 0.3 is 6.36 Å². The lowest BCUT2D eigenvalue weighted by atomic mass is 10.1. The maximum absolute atomic E-state index is 13.4. The van der Waals surface area contributed by atoms with Crippen LogP contribution in [0, 0.1) is 0 Å². The van der Waals surface area contributed by atoms with E-state index >= 15 is 0 Å². The van der Waals surface area contributed by atoms with Gasteiger partial charge in [-0.2, -0.15) is 0 Å². The topological polar surface area (TPSA) is 77.1 Å². The largest absolute Gasteiger partial charge is 0.573 e. The van der Waals surface area contributed by atoms with E-state index in [9.17, 15) is 22.8 Å². The maximum Gasteiger partial charge on any atom is 0.573 e. The molecule has 3 aromatic rings. The first kappa shape index (κ1) is 26.2. The van der Waals surface area contributed by atoms with Gasteiger partial charge in [-0.3, -0.25) is 9.59 Å². The van der Waals surface area contributed by atoms with Gasteiger partial charge in [0.25, 0.3) is 0 Å². The van der Waals surface area contributed by atoms with Gasteiger partial charge in [-0.25, -0.2) is 0 Å². The molecule has 11 heteroatoms. The molecule has 194 valence electrons. The predicted molar refractivity (Wildman–Crippen MR) is 133 cm³/mol. The number of rotatable bonds is 7. The SMILES string of the molecule is COc1ccc([C@H]2CC(=O)N(CC(=O)Nc3ccc(OC(F)(F)F)cc3)c3ccccc3S2)cc1OC. The van der Waals surface area contributed by atoms with E-state index in [2.05, 4.69) is 10.1 Å². The van der Waals surface area contributed by atoms with Gasteiger partial charge < -0.3 is 24.4 Å². The average molecular weight is 533 g/mol. The Hall–Kier alpha value is -3.86. The molecule has 0 aliphatic carbocycles. The molecule has 0 unspecified atom stereocenters. The van der Waals surface area contributed by atoms with Gasteiger partial charge in [0, 0.05) is 22.3 Å². The summed E-state index contributed by atoms with van der Waals surface area (Å²) in [5, 5.41) is 2.38. The number of hydrogen-bond acceptors (Lipinski definition) is 6. The second-order valence-corrected chi connectivity index (χ2v) is 9.24. The fourth-order valence-electron chi connectivity index (χ4n) is 3.87. The molecular weight excluding hydrogens is 509 g/mol. The minimum atomic E-state index is -4.81. The molecule has 37 heavy (non-hydrogen) atoms. The lowest BCUT2D eigenvalue weighted by molar-refractivity contribution is -0.274. The number of hydrogen-bond donors (Lipinski definition) is 1. The molecule has 1 aliphatic heterocycles. The van der Waals surface area contributed by atoms with E-state index in [0.717, 1.165) is 22.6 Å². The van der Waals surface area contributed by atoms with Crippen LogP contribution >= 0.6 is 11.8 Å². The zero-order valence-corrected chi connectivity index (χ0v) is 20.7. The molecule has 1 heterocycles. The summed E-state index contributed by atoms with van der Waals surface area (Å²) < 4.78 is 51.7. The van der Waals surface area contributed by atoms with Crippen molar-refractivity contribution in [2.75, 3.05) is 31.0 Å². The lowest BCUT2D eigenvalue weighted by Crippen LogP contribution is -2.38. The summed E-state index contributed by atoms with van der Waals surface area (Å²) in [6, 6.07) is 17.6. The summed E-state index contributed by atoms with van der Waals surface area (Å²) in [6.45, 7) is -0.268. The summed E-state index contributed by atoms with van der Waals surface area (Å²) >= 11 is 1.51. The van der Waals surface area contributed by atoms with Crippen LogP contribution in [-0.2, 0) is 9.59 Å². The Morgan fingerprint density at radius 2 is 1.73 bits per heavy atom. The highest BCUT2D eigenvalue weighted by Gasteiger charge is 2.32. The van der Waals surface area contributed by atoms with Crippen molar-refractivity contribution in [2.24, 2.45) is 0 Å². The number of carbonyl (C=O) groups is 2. The highest BCUT2D eigenvalue weighted by Crippen LogP contribution is 2.46. The monoisotopic (exact) mass is 532 g/mol. The Kier molecular flexibility index (Phi) is 7.82. The van der Waals surface area contributed by atoms with Crippen molar-refractivity contribution < 1.29 is 37.0 Å². The van der Waals surface area contributed by atoms with Crippen molar-refractivity contribution in [2.45, 2.75) is 22.9 Å². The molecule has 0 spiro atoms. The summed E-state index contributed by atoms with van der Waals surface area (Å²) in [5.74, 6) is -0.0229. The summed E-state index contributed by atoms with van der Waals surface area (Å²) in [6.07, 6.45) is -4.68. The Labute approximate surface area is 215 Å². The smallest absolute Gasteiger partial charge is 0.493 e. The van der Waals surface area contributed by atoms with E-state index in [-0.39, 0.29) is 29.8 Å². The molecule has 3 aromatic carbocycles. The van der Waals surface area contributed by atoms with Crippen LogP contribution in [0.15, 0.2) is 71.6 Å². The Morgan fingerprint density at radius 1 is 1.03 bits per heavy atom. The molecule has 2 amide bonds. The van der Waals surface area contributed by atoms with Crippen LogP contribution in [-0.4, -0.2) is 38.9 Å². The van der Waals surface area contributed by atoms with Gasteiger partial charge in [-0.05, 0) is 54.1 Å². The summed E-state index contributed by atoms with van der Waals surface area (Å²) in [4.78, 5) is 28.4. The van der Waals surface area contributed by atoms with Gasteiger partial charge in [0.15, 0.2) is 11.5 Å². The molecule has 1 aliphatic rings. The van der Waals surface area contributed by atoms with Crippen LogP contribution in [0.3, 0.4) is 0 Å². The number of nitrogens with one attached hydrogen (secondary N) is 1. The average Bonchev–Trinajstić information content (AvgIpc) is 3.00. The third-order valence-corrected chi connectivity index (χ3v) is 6.86. The minimum absolute atomic E-state index is 0.131. The zero-order chi connectivity index (χ0) is 26.6. The molecule has 0 saturated carbocycles. The van der Waals surface area contributed by atoms with E-state index in [4.69, 9.17) is 9.47 Å². The summed E-state index contributed by atoms with van der Waals surface area (Å²) in [5.41, 5.74) is 1.75. The normalized spacial score (nSPS) is 15.4. The van der Waals surface area contributed by atoms with Crippen LogP contribution in [0.2, 0.25) is 0 Å². The fraction of sp³-hybridized carbons (Fsp3) is 0.231. The number of methoxy groups -OCH3 is 2. The van der Waals surface area contributed by atoms with Gasteiger partial charge in [-0.1, -0.05) is 18.2 Å². The number of amides is 2. The van der Waals surface area contributed by atoms with Gasteiger partial charge in [-0.15, -0.1) is 24.9 Å². The lowest BCUT2D eigenvalue weighted by Gasteiger charge is -2.22. The first-order chi connectivity index (χ1) is 17.7. The highest BCUT2D eigenvalue weighted by atomic mass is 32.2. The molecular formula is C26H23F3N2O5S. The van der Waals surface area contributed by atoms with E-state index in [1.807, 2.05) is 24.3 Å². The Bertz CT molecular complexity index is 1280. The first-order valence-electron chi connectivity index (χ1n) is 11.1. The van der Waals surface area contributed by atoms with Crippen molar-refractivity contribution in [1.29, 1.82) is 0 Å². The molecule has 0 aromatic heterocycles. The molecule has 1 atom stereocenters. The van der Waals surface area contributed by atoms with Crippen molar-refractivity contribution >= 4 is 35.0 Å². The highest BCUT2D eigenvalue weighted by molar-refractivity contribution is 7.99. The number of ether oxygens (including phenoxy) is 3. The molecule has 7 nitrogen and oxygen atoms in total. The van der Waals surface area contributed by atoms with Crippen molar-refractivity contribution in [3.8, 4) is 17.2 Å². The fourth-order valence-corrected chi connectivity index (χ4v) is 5.15. The quantitative estimate of drug-likeness (QED) is 0.414. The zero-order valence-electron chi connectivity index (χ0n) is 19.9. The number of halogens is 3. The molecule has 4 rings (SSSR count). The molecule has 0 fully saturated rings.